The Morgan fingerprint density at radius 3 is 3.00 bits per heavy atom. The summed E-state index contributed by atoms with van der Waals surface area (Å²) in [6.45, 7) is 4.30. The van der Waals surface area contributed by atoms with E-state index in [2.05, 4.69) is 27.8 Å². The number of carbonyl (C=O) groups is 1. The van der Waals surface area contributed by atoms with Crippen LogP contribution in [0.25, 0.3) is 0 Å². The third kappa shape index (κ3) is 2.84. The molecule has 0 spiro atoms. The summed E-state index contributed by atoms with van der Waals surface area (Å²) in [5, 5.41) is 9.09. The lowest BCUT2D eigenvalue weighted by molar-refractivity contribution is 0.0696. The molecule has 1 heterocycles. The van der Waals surface area contributed by atoms with Crippen LogP contribution in [0.1, 0.15) is 23.7 Å². The number of carboxylic acids is 1. The van der Waals surface area contributed by atoms with Gasteiger partial charge in [0.25, 0.3) is 0 Å². The number of nitrogens with zero attached hydrogens (tertiary/aromatic N) is 1. The molecule has 5 heteroatoms. The molecule has 4 nitrogen and oxygen atoms in total. The Morgan fingerprint density at radius 2 is 2.33 bits per heavy atom. The van der Waals surface area contributed by atoms with Gasteiger partial charge in [0.1, 0.15) is 0 Å². The van der Waals surface area contributed by atoms with E-state index in [0.29, 0.717) is 24.8 Å². The summed E-state index contributed by atoms with van der Waals surface area (Å²) in [6, 6.07) is 5.61. The van der Waals surface area contributed by atoms with E-state index < -0.39 is 5.97 Å². The first-order valence-electron chi connectivity index (χ1n) is 6.00. The van der Waals surface area contributed by atoms with E-state index in [4.69, 9.17) is 9.84 Å². The summed E-state index contributed by atoms with van der Waals surface area (Å²) in [7, 11) is 0. The van der Waals surface area contributed by atoms with Crippen molar-refractivity contribution >= 4 is 27.6 Å². The van der Waals surface area contributed by atoms with Crippen LogP contribution in [0, 0.1) is 0 Å². The lowest BCUT2D eigenvalue weighted by Gasteiger charge is -2.37. The minimum absolute atomic E-state index is 0.306. The van der Waals surface area contributed by atoms with Crippen molar-refractivity contribution in [2.75, 3.05) is 24.7 Å². The maximum atomic E-state index is 11.1. The van der Waals surface area contributed by atoms with Crippen molar-refractivity contribution < 1.29 is 14.6 Å². The fourth-order valence-corrected chi connectivity index (χ4v) is 2.68. The number of ether oxygens (including phenoxy) is 1. The maximum absolute atomic E-state index is 11.1. The molecule has 1 unspecified atom stereocenters. The fourth-order valence-electron chi connectivity index (χ4n) is 2.20. The highest BCUT2D eigenvalue weighted by Crippen LogP contribution is 2.26. The molecule has 0 bridgehead atoms. The molecule has 0 amide bonds. The van der Waals surface area contributed by atoms with Crippen molar-refractivity contribution in [3.63, 3.8) is 0 Å². The molecule has 0 aliphatic carbocycles. The second-order valence-corrected chi connectivity index (χ2v) is 5.25. The van der Waals surface area contributed by atoms with Crippen molar-refractivity contribution in [3.8, 4) is 0 Å². The summed E-state index contributed by atoms with van der Waals surface area (Å²) in [4.78, 5) is 13.3. The van der Waals surface area contributed by atoms with Crippen LogP contribution in [0.3, 0.4) is 0 Å². The van der Waals surface area contributed by atoms with Gasteiger partial charge < -0.3 is 14.7 Å². The highest BCUT2D eigenvalue weighted by Gasteiger charge is 2.22. The molecule has 1 fully saturated rings. The zero-order valence-corrected chi connectivity index (χ0v) is 11.8. The molecule has 18 heavy (non-hydrogen) atoms. The Bertz CT molecular complexity index is 450. The normalized spacial score (nSPS) is 19.9. The van der Waals surface area contributed by atoms with Gasteiger partial charge in [0.2, 0.25) is 0 Å². The highest BCUT2D eigenvalue weighted by atomic mass is 79.9. The molecule has 0 radical (unpaired) electrons. The summed E-state index contributed by atoms with van der Waals surface area (Å²) in [5.41, 5.74) is 1.25. The lowest BCUT2D eigenvalue weighted by atomic mass is 10.1. The molecule has 98 valence electrons. The molecule has 1 N–H and O–H groups in total. The number of benzene rings is 1. The van der Waals surface area contributed by atoms with Crippen LogP contribution in [0.4, 0.5) is 5.69 Å². The van der Waals surface area contributed by atoms with Crippen LogP contribution >= 0.6 is 15.9 Å². The van der Waals surface area contributed by atoms with E-state index in [-0.39, 0.29) is 0 Å². The number of rotatable bonds is 3. The minimum Gasteiger partial charge on any atom is -0.478 e. The first-order chi connectivity index (χ1) is 8.61. The first kappa shape index (κ1) is 13.4. The van der Waals surface area contributed by atoms with Crippen molar-refractivity contribution in [1.82, 2.24) is 0 Å². The van der Waals surface area contributed by atoms with Gasteiger partial charge in [0.15, 0.2) is 0 Å². The zero-order valence-electron chi connectivity index (χ0n) is 10.2. The molecular formula is C13H16BrNO3. The third-order valence-corrected chi connectivity index (χ3v) is 3.62. The van der Waals surface area contributed by atoms with Gasteiger partial charge in [0, 0.05) is 16.7 Å². The third-order valence-electron chi connectivity index (χ3n) is 3.16. The Balaban J connectivity index is 2.33. The van der Waals surface area contributed by atoms with Crippen LogP contribution in [-0.4, -0.2) is 36.9 Å². The Kier molecular flexibility index (Phi) is 4.24. The van der Waals surface area contributed by atoms with Crippen molar-refractivity contribution in [2.24, 2.45) is 0 Å². The maximum Gasteiger partial charge on any atom is 0.335 e. The summed E-state index contributed by atoms with van der Waals surface area (Å²) < 4.78 is 6.25. The van der Waals surface area contributed by atoms with Crippen molar-refractivity contribution in [3.05, 3.63) is 28.2 Å². The number of hydrogen-bond donors (Lipinski definition) is 1. The predicted octanol–water partition coefficient (Wildman–Crippen LogP) is 2.76. The van der Waals surface area contributed by atoms with Crippen LogP contribution in [0.15, 0.2) is 22.7 Å². The van der Waals surface area contributed by atoms with Crippen molar-refractivity contribution in [2.45, 2.75) is 19.4 Å². The van der Waals surface area contributed by atoms with Crippen LogP contribution < -0.4 is 4.90 Å². The molecule has 1 aromatic rings. The van der Waals surface area contributed by atoms with Gasteiger partial charge in [-0.15, -0.1) is 0 Å². The molecule has 1 aliphatic heterocycles. The molecule has 2 rings (SSSR count). The molecule has 1 aliphatic rings. The van der Waals surface area contributed by atoms with Crippen LogP contribution in [0.5, 0.6) is 0 Å². The smallest absolute Gasteiger partial charge is 0.335 e. The van der Waals surface area contributed by atoms with Gasteiger partial charge in [-0.05, 0) is 24.6 Å². The van der Waals surface area contributed by atoms with Gasteiger partial charge in [-0.1, -0.05) is 22.9 Å². The molecule has 0 aromatic heterocycles. The SMILES string of the molecule is CCC1COCCN1c1cc(Br)cc(C(=O)O)c1. The average Bonchev–Trinajstić information content (AvgIpc) is 2.38. The van der Waals surface area contributed by atoms with Gasteiger partial charge in [-0.3, -0.25) is 0 Å². The zero-order chi connectivity index (χ0) is 13.1. The number of hydrogen-bond acceptors (Lipinski definition) is 3. The van der Waals surface area contributed by atoms with Crippen molar-refractivity contribution in [1.29, 1.82) is 0 Å². The highest BCUT2D eigenvalue weighted by molar-refractivity contribution is 9.10. The van der Waals surface area contributed by atoms with Crippen LogP contribution in [-0.2, 0) is 4.74 Å². The quantitative estimate of drug-likeness (QED) is 0.932. The topological polar surface area (TPSA) is 49.8 Å². The number of morpholine rings is 1. The van der Waals surface area contributed by atoms with Gasteiger partial charge in [-0.25, -0.2) is 4.79 Å². The van der Waals surface area contributed by atoms with E-state index >= 15 is 0 Å². The average molecular weight is 314 g/mol. The van der Waals surface area contributed by atoms with Crippen LogP contribution in [0.2, 0.25) is 0 Å². The Hall–Kier alpha value is -1.07. The van der Waals surface area contributed by atoms with E-state index in [1.54, 1.807) is 12.1 Å². The number of anilines is 1. The molecule has 1 saturated heterocycles. The number of aromatic carboxylic acids is 1. The van der Waals surface area contributed by atoms with Gasteiger partial charge in [0.05, 0.1) is 24.8 Å². The number of carboxylic acid groups (broad SMARTS) is 1. The monoisotopic (exact) mass is 313 g/mol. The molecule has 1 aromatic carbocycles. The molecule has 0 saturated carbocycles. The first-order valence-corrected chi connectivity index (χ1v) is 6.79. The van der Waals surface area contributed by atoms with E-state index in [9.17, 15) is 4.79 Å². The van der Waals surface area contributed by atoms with Gasteiger partial charge in [-0.2, -0.15) is 0 Å². The number of halogens is 1. The molecular weight excluding hydrogens is 298 g/mol. The van der Waals surface area contributed by atoms with E-state index in [1.165, 1.54) is 0 Å². The minimum atomic E-state index is -0.904. The van der Waals surface area contributed by atoms with E-state index in [0.717, 1.165) is 23.1 Å². The Morgan fingerprint density at radius 1 is 1.56 bits per heavy atom. The summed E-state index contributed by atoms with van der Waals surface area (Å²) >= 11 is 3.37. The fraction of sp³-hybridized carbons (Fsp3) is 0.462. The second-order valence-electron chi connectivity index (χ2n) is 4.33. The second kappa shape index (κ2) is 5.71. The standard InChI is InChI=1S/C13H16BrNO3/c1-2-11-8-18-4-3-15(11)12-6-9(13(16)17)5-10(14)7-12/h5-7,11H,2-4,8H2,1H3,(H,16,17). The molecule has 1 atom stereocenters. The lowest BCUT2D eigenvalue weighted by Crippen LogP contribution is -2.45. The largest absolute Gasteiger partial charge is 0.478 e. The summed E-state index contributed by atoms with van der Waals surface area (Å²) in [5.74, 6) is -0.904. The Labute approximate surface area is 115 Å². The predicted molar refractivity (Wildman–Crippen MR) is 73.3 cm³/mol. The summed E-state index contributed by atoms with van der Waals surface area (Å²) in [6.07, 6.45) is 0.981. The van der Waals surface area contributed by atoms with E-state index in [1.807, 2.05) is 6.07 Å². The van der Waals surface area contributed by atoms with Gasteiger partial charge >= 0.3 is 5.97 Å².